The number of rotatable bonds is 2. The van der Waals surface area contributed by atoms with Gasteiger partial charge in [-0.05, 0) is 49.2 Å². The predicted octanol–water partition coefficient (Wildman–Crippen LogP) is 5.27. The number of benzene rings is 2. The van der Waals surface area contributed by atoms with Crippen LogP contribution in [0.4, 0.5) is 18.9 Å². The summed E-state index contributed by atoms with van der Waals surface area (Å²) in [6, 6.07) is 8.06. The van der Waals surface area contributed by atoms with Crippen molar-refractivity contribution in [2.75, 3.05) is 5.32 Å². The van der Waals surface area contributed by atoms with Crippen LogP contribution in [0.25, 0.3) is 22.6 Å². The molecular formula is C17H12ClF3N2O2. The molecule has 0 saturated carbocycles. The summed E-state index contributed by atoms with van der Waals surface area (Å²) in [6.07, 6.45) is -4.97. The van der Waals surface area contributed by atoms with E-state index in [0.29, 0.717) is 27.2 Å². The van der Waals surface area contributed by atoms with Crippen LogP contribution in [0.3, 0.4) is 0 Å². The Morgan fingerprint density at radius 1 is 1.20 bits per heavy atom. The zero-order valence-corrected chi connectivity index (χ0v) is 13.9. The van der Waals surface area contributed by atoms with E-state index in [1.165, 1.54) is 12.1 Å². The average molecular weight is 369 g/mol. The Labute approximate surface area is 145 Å². The fraction of sp³-hybridized carbons (Fsp3) is 0.176. The molecule has 8 heteroatoms. The number of nitrogens with zero attached hydrogens (tertiary/aromatic N) is 1. The van der Waals surface area contributed by atoms with Crippen molar-refractivity contribution in [1.82, 2.24) is 4.98 Å². The lowest BCUT2D eigenvalue weighted by Crippen LogP contribution is -2.29. The number of oxazole rings is 1. The van der Waals surface area contributed by atoms with Crippen molar-refractivity contribution in [1.29, 1.82) is 0 Å². The number of fused-ring (bicyclic) bond motifs is 1. The molecule has 0 radical (unpaired) electrons. The van der Waals surface area contributed by atoms with Crippen LogP contribution < -0.4 is 5.32 Å². The van der Waals surface area contributed by atoms with E-state index >= 15 is 0 Å². The standard InChI is InChI=1S/C17H12ClF3N2O2/c1-8-3-4-11(12(18)5-8)15-23-13-7-10(6-9(2)14(13)25-15)22-16(24)17(19,20)21/h3-7H,1-2H3,(H,22,24). The molecule has 0 aliphatic carbocycles. The monoisotopic (exact) mass is 368 g/mol. The Kier molecular flexibility index (Phi) is 4.20. The van der Waals surface area contributed by atoms with Crippen molar-refractivity contribution in [3.8, 4) is 11.5 Å². The number of carbonyl (C=O) groups excluding carboxylic acids is 1. The number of aryl methyl sites for hydroxylation is 2. The van der Waals surface area contributed by atoms with Crippen molar-refractivity contribution in [3.05, 3.63) is 46.5 Å². The number of hydrogen-bond donors (Lipinski definition) is 1. The molecule has 1 aromatic heterocycles. The molecule has 1 heterocycles. The van der Waals surface area contributed by atoms with Crippen LogP contribution in [0.2, 0.25) is 5.02 Å². The molecule has 1 amide bonds. The van der Waals surface area contributed by atoms with Gasteiger partial charge in [0.25, 0.3) is 0 Å². The number of carbonyl (C=O) groups is 1. The third kappa shape index (κ3) is 3.46. The van der Waals surface area contributed by atoms with Crippen molar-refractivity contribution < 1.29 is 22.4 Å². The van der Waals surface area contributed by atoms with Gasteiger partial charge in [0.05, 0.1) is 10.6 Å². The molecule has 2 aromatic carbocycles. The van der Waals surface area contributed by atoms with E-state index in [0.717, 1.165) is 5.56 Å². The second-order valence-electron chi connectivity index (χ2n) is 5.60. The van der Waals surface area contributed by atoms with Gasteiger partial charge in [-0.15, -0.1) is 0 Å². The highest BCUT2D eigenvalue weighted by Gasteiger charge is 2.38. The summed E-state index contributed by atoms with van der Waals surface area (Å²) < 4.78 is 42.9. The predicted molar refractivity (Wildman–Crippen MR) is 88.6 cm³/mol. The van der Waals surface area contributed by atoms with Gasteiger partial charge in [-0.25, -0.2) is 4.98 Å². The molecule has 0 spiro atoms. The largest absolute Gasteiger partial charge is 0.471 e. The van der Waals surface area contributed by atoms with Gasteiger partial charge in [-0.1, -0.05) is 17.7 Å². The number of anilines is 1. The summed E-state index contributed by atoms with van der Waals surface area (Å²) in [5.41, 5.74) is 2.81. The zero-order valence-electron chi connectivity index (χ0n) is 13.2. The van der Waals surface area contributed by atoms with Gasteiger partial charge in [-0.2, -0.15) is 13.2 Å². The third-order valence-electron chi connectivity index (χ3n) is 3.55. The Bertz CT molecular complexity index is 980. The van der Waals surface area contributed by atoms with Gasteiger partial charge in [0.2, 0.25) is 5.89 Å². The molecule has 1 N–H and O–H groups in total. The topological polar surface area (TPSA) is 55.1 Å². The van der Waals surface area contributed by atoms with Crippen LogP contribution in [-0.2, 0) is 4.79 Å². The fourth-order valence-corrected chi connectivity index (χ4v) is 2.70. The van der Waals surface area contributed by atoms with E-state index < -0.39 is 12.1 Å². The lowest BCUT2D eigenvalue weighted by atomic mass is 10.1. The molecular weight excluding hydrogens is 357 g/mol. The summed E-state index contributed by atoms with van der Waals surface area (Å²) in [6.45, 7) is 3.54. The molecule has 0 atom stereocenters. The highest BCUT2D eigenvalue weighted by atomic mass is 35.5. The molecule has 3 rings (SSSR count). The maximum absolute atomic E-state index is 12.4. The number of halogens is 4. The maximum Gasteiger partial charge on any atom is 0.471 e. The molecule has 130 valence electrons. The minimum Gasteiger partial charge on any atom is -0.436 e. The molecule has 0 fully saturated rings. The number of amides is 1. The highest BCUT2D eigenvalue weighted by molar-refractivity contribution is 6.33. The summed E-state index contributed by atoms with van der Waals surface area (Å²) in [5.74, 6) is -1.79. The normalized spacial score (nSPS) is 11.8. The van der Waals surface area contributed by atoms with Gasteiger partial charge in [0.15, 0.2) is 5.58 Å². The van der Waals surface area contributed by atoms with E-state index in [1.807, 2.05) is 18.3 Å². The maximum atomic E-state index is 12.4. The molecule has 0 aliphatic heterocycles. The first-order chi connectivity index (χ1) is 11.6. The van der Waals surface area contributed by atoms with E-state index in [4.69, 9.17) is 16.0 Å². The molecule has 0 unspecified atom stereocenters. The minimum absolute atomic E-state index is 0.0119. The van der Waals surface area contributed by atoms with Crippen LogP contribution in [0.5, 0.6) is 0 Å². The Morgan fingerprint density at radius 2 is 1.92 bits per heavy atom. The Balaban J connectivity index is 2.03. The second-order valence-corrected chi connectivity index (χ2v) is 6.00. The van der Waals surface area contributed by atoms with Gasteiger partial charge < -0.3 is 9.73 Å². The van der Waals surface area contributed by atoms with Crippen molar-refractivity contribution in [2.24, 2.45) is 0 Å². The van der Waals surface area contributed by atoms with Gasteiger partial charge >= 0.3 is 12.1 Å². The Morgan fingerprint density at radius 3 is 2.56 bits per heavy atom. The summed E-state index contributed by atoms with van der Waals surface area (Å²) >= 11 is 6.20. The third-order valence-corrected chi connectivity index (χ3v) is 3.86. The molecule has 0 saturated heterocycles. The first kappa shape index (κ1) is 17.3. The summed E-state index contributed by atoms with van der Waals surface area (Å²) in [4.78, 5) is 15.4. The number of alkyl halides is 3. The summed E-state index contributed by atoms with van der Waals surface area (Å²) in [7, 11) is 0. The van der Waals surface area contributed by atoms with Crippen molar-refractivity contribution in [2.45, 2.75) is 20.0 Å². The van der Waals surface area contributed by atoms with E-state index in [1.54, 1.807) is 19.1 Å². The molecule has 25 heavy (non-hydrogen) atoms. The van der Waals surface area contributed by atoms with Gasteiger partial charge in [-0.3, -0.25) is 4.79 Å². The smallest absolute Gasteiger partial charge is 0.436 e. The van der Waals surface area contributed by atoms with Gasteiger partial charge in [0.1, 0.15) is 5.52 Å². The molecule has 0 bridgehead atoms. The molecule has 4 nitrogen and oxygen atoms in total. The van der Waals surface area contributed by atoms with Crippen LogP contribution in [0.15, 0.2) is 34.7 Å². The van der Waals surface area contributed by atoms with Crippen molar-refractivity contribution >= 4 is 34.3 Å². The van der Waals surface area contributed by atoms with Crippen LogP contribution in [-0.4, -0.2) is 17.1 Å². The van der Waals surface area contributed by atoms with E-state index in [2.05, 4.69) is 4.98 Å². The summed E-state index contributed by atoms with van der Waals surface area (Å²) in [5, 5.41) is 2.26. The molecule has 0 aliphatic rings. The first-order valence-corrected chi connectivity index (χ1v) is 7.59. The lowest BCUT2D eigenvalue weighted by Gasteiger charge is -2.08. The minimum atomic E-state index is -4.97. The molecule has 3 aromatic rings. The lowest BCUT2D eigenvalue weighted by molar-refractivity contribution is -0.167. The SMILES string of the molecule is Cc1ccc(-c2nc3cc(NC(=O)C(F)(F)F)cc(C)c3o2)c(Cl)c1. The number of hydrogen-bond acceptors (Lipinski definition) is 3. The number of aromatic nitrogens is 1. The van der Waals surface area contributed by atoms with E-state index in [-0.39, 0.29) is 11.6 Å². The quantitative estimate of drug-likeness (QED) is 0.670. The van der Waals surface area contributed by atoms with Crippen LogP contribution >= 0.6 is 11.6 Å². The Hall–Kier alpha value is -2.54. The second kappa shape index (κ2) is 6.07. The average Bonchev–Trinajstić information content (AvgIpc) is 2.90. The number of nitrogens with one attached hydrogen (secondary N) is 1. The first-order valence-electron chi connectivity index (χ1n) is 7.21. The van der Waals surface area contributed by atoms with Gasteiger partial charge in [0, 0.05) is 5.69 Å². The van der Waals surface area contributed by atoms with Crippen LogP contribution in [0.1, 0.15) is 11.1 Å². The highest BCUT2D eigenvalue weighted by Crippen LogP contribution is 2.33. The van der Waals surface area contributed by atoms with Crippen LogP contribution in [0, 0.1) is 13.8 Å². The van der Waals surface area contributed by atoms with Crippen molar-refractivity contribution in [3.63, 3.8) is 0 Å². The van der Waals surface area contributed by atoms with E-state index in [9.17, 15) is 18.0 Å². The fourth-order valence-electron chi connectivity index (χ4n) is 2.38. The zero-order chi connectivity index (χ0) is 18.4.